The predicted octanol–water partition coefficient (Wildman–Crippen LogP) is -3.66. The Hall–Kier alpha value is 1.75. The van der Waals surface area contributed by atoms with Crippen LogP contribution in [-0.4, -0.2) is 40.4 Å². The molecule has 1 heterocycles. The van der Waals surface area contributed by atoms with Gasteiger partial charge < -0.3 is 34.0 Å². The molecule has 0 amide bonds. The Balaban J connectivity index is -0.000000333. The topological polar surface area (TPSA) is 12.4 Å². The predicted molar refractivity (Wildman–Crippen MR) is 54.7 cm³/mol. The van der Waals surface area contributed by atoms with E-state index in [9.17, 15) is 0 Å². The van der Waals surface area contributed by atoms with Gasteiger partial charge in [0, 0.05) is 12.3 Å². The Bertz CT molecular complexity index is 133. The fraction of sp³-hybridized carbons (Fsp3) is 0.875. The third kappa shape index (κ3) is 10.0. The van der Waals surface area contributed by atoms with Gasteiger partial charge in [-0.3, -0.25) is 4.99 Å². The van der Waals surface area contributed by atoms with Crippen molar-refractivity contribution < 1.29 is 34.0 Å². The summed E-state index contributed by atoms with van der Waals surface area (Å²) in [6.45, 7) is 3.30. The molecule has 0 saturated carbocycles. The van der Waals surface area contributed by atoms with E-state index >= 15 is 0 Å². The zero-order chi connectivity index (χ0) is 7.23. The molecule has 0 saturated heterocycles. The first-order valence-electron chi connectivity index (χ1n) is 4.09. The van der Waals surface area contributed by atoms with E-state index in [1.165, 1.54) is 36.5 Å². The number of halogens is 2. The van der Waals surface area contributed by atoms with E-state index in [0.29, 0.717) is 0 Å². The molecule has 0 N–H and O–H groups in total. The van der Waals surface area contributed by atoms with Gasteiger partial charge in [-0.05, 0) is 12.8 Å². The van der Waals surface area contributed by atoms with Gasteiger partial charge in [-0.25, -0.2) is 0 Å². The molecular weight excluding hydrogens is 326 g/mol. The van der Waals surface area contributed by atoms with E-state index in [2.05, 4.69) is 11.9 Å². The van der Waals surface area contributed by atoms with Gasteiger partial charge in [0.1, 0.15) is 0 Å². The van der Waals surface area contributed by atoms with Crippen LogP contribution in [-0.2, 0) is 0 Å². The van der Waals surface area contributed by atoms with Crippen molar-refractivity contribution in [3.63, 3.8) is 0 Å². The fourth-order valence-corrected chi connectivity index (χ4v) is 1.95. The van der Waals surface area contributed by atoms with Crippen LogP contribution in [0.1, 0.15) is 32.6 Å². The van der Waals surface area contributed by atoms with Crippen LogP contribution in [0.15, 0.2) is 4.99 Å². The Morgan fingerprint density at radius 1 is 1.31 bits per heavy atom. The standard InChI is InChI=1S/C8H15NS.2BrH.Mg/c1-2-3-4-5-8-9-6-7-10-8;;;/h2-7H2,1H3;2*1H;/q;;;+2/p-2. The summed E-state index contributed by atoms with van der Waals surface area (Å²) in [4.78, 5) is 4.39. The van der Waals surface area contributed by atoms with Gasteiger partial charge in [-0.2, -0.15) is 0 Å². The summed E-state index contributed by atoms with van der Waals surface area (Å²) < 4.78 is 0. The van der Waals surface area contributed by atoms with Crippen molar-refractivity contribution in [3.8, 4) is 0 Å². The van der Waals surface area contributed by atoms with Crippen LogP contribution in [0.4, 0.5) is 0 Å². The van der Waals surface area contributed by atoms with Gasteiger partial charge in [-0.1, -0.05) is 19.8 Å². The molecule has 1 aliphatic rings. The minimum Gasteiger partial charge on any atom is -1.00 e. The molecule has 0 unspecified atom stereocenters. The second-order valence-corrected chi connectivity index (χ2v) is 3.75. The Kier molecular flexibility index (Phi) is 21.4. The first-order chi connectivity index (χ1) is 4.93. The SMILES string of the molecule is CCCCCC1=NCCS1.[Br-].[Br-].[Mg+2]. The smallest absolute Gasteiger partial charge is 1.00 e. The Labute approximate surface area is 123 Å². The normalized spacial score (nSPS) is 13.5. The van der Waals surface area contributed by atoms with Gasteiger partial charge in [0.15, 0.2) is 0 Å². The Morgan fingerprint density at radius 2 is 2.00 bits per heavy atom. The van der Waals surface area contributed by atoms with Crippen LogP contribution in [0.3, 0.4) is 0 Å². The molecule has 1 nitrogen and oxygen atoms in total. The fourth-order valence-electron chi connectivity index (χ4n) is 1.06. The van der Waals surface area contributed by atoms with Crippen LogP contribution >= 0.6 is 11.8 Å². The third-order valence-electron chi connectivity index (χ3n) is 1.64. The van der Waals surface area contributed by atoms with Crippen LogP contribution in [0, 0.1) is 0 Å². The second-order valence-electron chi connectivity index (χ2n) is 2.58. The maximum absolute atomic E-state index is 4.39. The second kappa shape index (κ2) is 13.7. The molecule has 1 aliphatic heterocycles. The summed E-state index contributed by atoms with van der Waals surface area (Å²) >= 11 is 1.94. The quantitative estimate of drug-likeness (QED) is 0.379. The van der Waals surface area contributed by atoms with Gasteiger partial charge in [0.05, 0.1) is 5.04 Å². The average Bonchev–Trinajstić information content (AvgIpc) is 2.41. The van der Waals surface area contributed by atoms with E-state index in [-0.39, 0.29) is 57.0 Å². The maximum atomic E-state index is 4.39. The van der Waals surface area contributed by atoms with Crippen molar-refractivity contribution in [2.24, 2.45) is 4.99 Å². The first-order valence-corrected chi connectivity index (χ1v) is 5.08. The summed E-state index contributed by atoms with van der Waals surface area (Å²) in [7, 11) is 0. The van der Waals surface area contributed by atoms with Crippen LogP contribution < -0.4 is 34.0 Å². The molecule has 0 atom stereocenters. The summed E-state index contributed by atoms with van der Waals surface area (Å²) in [5.41, 5.74) is 0. The van der Waals surface area contributed by atoms with E-state index < -0.39 is 0 Å². The van der Waals surface area contributed by atoms with Crippen molar-refractivity contribution in [2.75, 3.05) is 12.3 Å². The van der Waals surface area contributed by atoms with E-state index in [1.54, 1.807) is 0 Å². The molecule has 0 fully saturated rings. The molecule has 13 heavy (non-hydrogen) atoms. The number of hydrogen-bond donors (Lipinski definition) is 0. The van der Waals surface area contributed by atoms with Crippen molar-refractivity contribution in [3.05, 3.63) is 0 Å². The minimum absolute atomic E-state index is 0. The van der Waals surface area contributed by atoms with Crippen LogP contribution in [0.5, 0.6) is 0 Å². The zero-order valence-corrected chi connectivity index (χ0v) is 13.5. The van der Waals surface area contributed by atoms with Gasteiger partial charge in [0.25, 0.3) is 0 Å². The average molecular weight is 341 g/mol. The molecule has 0 spiro atoms. The maximum Gasteiger partial charge on any atom is 2.00 e. The number of hydrogen-bond acceptors (Lipinski definition) is 2. The first kappa shape index (κ1) is 20.2. The largest absolute Gasteiger partial charge is 2.00 e. The van der Waals surface area contributed by atoms with E-state index in [1.807, 2.05) is 11.8 Å². The number of rotatable bonds is 4. The number of aliphatic imine (C=N–C) groups is 1. The molecule has 0 aromatic rings. The van der Waals surface area contributed by atoms with Crippen molar-refractivity contribution >= 4 is 39.9 Å². The zero-order valence-electron chi connectivity index (χ0n) is 8.06. The van der Waals surface area contributed by atoms with E-state index in [4.69, 9.17) is 0 Å². The number of unbranched alkanes of at least 4 members (excludes halogenated alkanes) is 2. The van der Waals surface area contributed by atoms with Gasteiger partial charge >= 0.3 is 23.1 Å². The third-order valence-corrected chi connectivity index (χ3v) is 2.70. The summed E-state index contributed by atoms with van der Waals surface area (Å²) in [6.07, 6.45) is 5.25. The summed E-state index contributed by atoms with van der Waals surface area (Å²) in [5, 5.41) is 1.40. The van der Waals surface area contributed by atoms with Crippen molar-refractivity contribution in [1.82, 2.24) is 0 Å². The molecule has 0 aromatic heterocycles. The van der Waals surface area contributed by atoms with Gasteiger partial charge in [0.2, 0.25) is 0 Å². The molecule has 5 heteroatoms. The number of thioether (sulfide) groups is 1. The summed E-state index contributed by atoms with van der Waals surface area (Å²) in [5.74, 6) is 1.22. The summed E-state index contributed by atoms with van der Waals surface area (Å²) in [6, 6.07) is 0. The molecule has 74 valence electrons. The monoisotopic (exact) mass is 339 g/mol. The molecule has 0 radical (unpaired) electrons. The van der Waals surface area contributed by atoms with Crippen molar-refractivity contribution in [2.45, 2.75) is 32.6 Å². The van der Waals surface area contributed by atoms with E-state index in [0.717, 1.165) is 6.54 Å². The van der Waals surface area contributed by atoms with Crippen molar-refractivity contribution in [1.29, 1.82) is 0 Å². The number of nitrogens with zero attached hydrogens (tertiary/aromatic N) is 1. The molecular formula is C8H15Br2MgNS. The molecule has 0 aromatic carbocycles. The van der Waals surface area contributed by atoms with Gasteiger partial charge in [-0.15, -0.1) is 11.8 Å². The van der Waals surface area contributed by atoms with Crippen LogP contribution in [0.2, 0.25) is 0 Å². The van der Waals surface area contributed by atoms with Crippen LogP contribution in [0.25, 0.3) is 0 Å². The minimum atomic E-state index is 0. The Morgan fingerprint density at radius 3 is 2.46 bits per heavy atom. The molecule has 0 bridgehead atoms. The molecule has 0 aliphatic carbocycles. The molecule has 1 rings (SSSR count).